The van der Waals surface area contributed by atoms with Gasteiger partial charge in [-0.25, -0.2) is 0 Å². The van der Waals surface area contributed by atoms with Gasteiger partial charge in [0.1, 0.15) is 0 Å². The zero-order valence-electron chi connectivity index (χ0n) is 9.92. The van der Waals surface area contributed by atoms with Crippen LogP contribution < -0.4 is 5.32 Å². The number of carbonyl (C=O) groups is 1. The van der Waals surface area contributed by atoms with Crippen molar-refractivity contribution in [2.75, 3.05) is 11.9 Å². The fraction of sp³-hybridized carbons (Fsp3) is 0.462. The highest BCUT2D eigenvalue weighted by Crippen LogP contribution is 2.26. The van der Waals surface area contributed by atoms with Crippen molar-refractivity contribution in [3.63, 3.8) is 0 Å². The van der Waals surface area contributed by atoms with E-state index in [-0.39, 0.29) is 12.0 Å². The van der Waals surface area contributed by atoms with Crippen LogP contribution in [0.4, 0.5) is 5.69 Å². The lowest BCUT2D eigenvalue weighted by Crippen LogP contribution is -2.15. The zero-order valence-corrected chi connectivity index (χ0v) is 13.1. The van der Waals surface area contributed by atoms with Gasteiger partial charge in [0, 0.05) is 22.0 Å². The largest absolute Gasteiger partial charge is 0.378 e. The molecule has 0 aliphatic carbocycles. The standard InChI is InChI=1S/C13H15Br2NO2/c14-9-3-5-12(11(15)8-9)16-13(17)6-4-10-2-1-7-18-10/h3,5,8,10H,1-2,4,6-7H2,(H,16,17). The van der Waals surface area contributed by atoms with Crippen LogP contribution in [0, 0.1) is 0 Å². The van der Waals surface area contributed by atoms with E-state index in [1.54, 1.807) is 0 Å². The van der Waals surface area contributed by atoms with Gasteiger partial charge in [-0.3, -0.25) is 4.79 Å². The van der Waals surface area contributed by atoms with Gasteiger partial charge in [0.2, 0.25) is 5.91 Å². The van der Waals surface area contributed by atoms with Crippen molar-refractivity contribution >= 4 is 43.5 Å². The molecule has 1 amide bonds. The topological polar surface area (TPSA) is 38.3 Å². The van der Waals surface area contributed by atoms with E-state index in [9.17, 15) is 4.79 Å². The van der Waals surface area contributed by atoms with Crippen molar-refractivity contribution in [1.82, 2.24) is 0 Å². The van der Waals surface area contributed by atoms with Gasteiger partial charge in [0.25, 0.3) is 0 Å². The average Bonchev–Trinajstić information content (AvgIpc) is 2.83. The van der Waals surface area contributed by atoms with E-state index in [0.717, 1.165) is 40.5 Å². The Balaban J connectivity index is 1.82. The third kappa shape index (κ3) is 4.07. The number of hydrogen-bond donors (Lipinski definition) is 1. The minimum absolute atomic E-state index is 0.0357. The molecule has 98 valence electrons. The maximum atomic E-state index is 11.8. The van der Waals surface area contributed by atoms with Gasteiger partial charge < -0.3 is 10.1 Å². The Kier molecular flexibility index (Phi) is 5.21. The molecule has 1 aromatic rings. The molecule has 1 aliphatic heterocycles. The summed E-state index contributed by atoms with van der Waals surface area (Å²) in [5, 5.41) is 2.90. The second-order valence-electron chi connectivity index (χ2n) is 4.35. The molecule has 0 radical (unpaired) electrons. The Bertz CT molecular complexity index is 431. The summed E-state index contributed by atoms with van der Waals surface area (Å²) in [6, 6.07) is 5.69. The smallest absolute Gasteiger partial charge is 0.224 e. The Morgan fingerprint density at radius 3 is 2.94 bits per heavy atom. The molecular weight excluding hydrogens is 362 g/mol. The lowest BCUT2D eigenvalue weighted by molar-refractivity contribution is -0.116. The predicted octanol–water partition coefficient (Wildman–Crippen LogP) is 4.11. The van der Waals surface area contributed by atoms with Crippen LogP contribution in [0.25, 0.3) is 0 Å². The molecule has 1 N–H and O–H groups in total. The number of nitrogens with one attached hydrogen (secondary N) is 1. The van der Waals surface area contributed by atoms with E-state index in [1.165, 1.54) is 0 Å². The first-order valence-corrected chi connectivity index (χ1v) is 7.60. The van der Waals surface area contributed by atoms with Crippen LogP contribution in [0.15, 0.2) is 27.1 Å². The fourth-order valence-electron chi connectivity index (χ4n) is 1.97. The molecule has 1 heterocycles. The number of hydrogen-bond acceptors (Lipinski definition) is 2. The molecule has 1 aromatic carbocycles. The number of rotatable bonds is 4. The lowest BCUT2D eigenvalue weighted by Gasteiger charge is -2.10. The highest BCUT2D eigenvalue weighted by Gasteiger charge is 2.16. The van der Waals surface area contributed by atoms with Gasteiger partial charge in [-0.2, -0.15) is 0 Å². The Morgan fingerprint density at radius 2 is 2.28 bits per heavy atom. The second-order valence-corrected chi connectivity index (χ2v) is 6.12. The zero-order chi connectivity index (χ0) is 13.0. The quantitative estimate of drug-likeness (QED) is 0.858. The maximum Gasteiger partial charge on any atom is 0.224 e. The monoisotopic (exact) mass is 375 g/mol. The highest BCUT2D eigenvalue weighted by atomic mass is 79.9. The molecule has 1 saturated heterocycles. The van der Waals surface area contributed by atoms with Crippen LogP contribution in [0.2, 0.25) is 0 Å². The molecule has 0 spiro atoms. The molecule has 1 fully saturated rings. The molecule has 18 heavy (non-hydrogen) atoms. The molecule has 0 aromatic heterocycles. The van der Waals surface area contributed by atoms with E-state index >= 15 is 0 Å². The van der Waals surface area contributed by atoms with E-state index in [1.807, 2.05) is 18.2 Å². The van der Waals surface area contributed by atoms with E-state index < -0.39 is 0 Å². The van der Waals surface area contributed by atoms with Crippen LogP contribution in [-0.4, -0.2) is 18.6 Å². The number of halogens is 2. The van der Waals surface area contributed by atoms with Gasteiger partial charge in [0.15, 0.2) is 0 Å². The highest BCUT2D eigenvalue weighted by molar-refractivity contribution is 9.11. The minimum atomic E-state index is 0.0357. The Hall–Kier alpha value is -0.390. The van der Waals surface area contributed by atoms with Gasteiger partial charge in [-0.05, 0) is 53.4 Å². The first-order valence-electron chi connectivity index (χ1n) is 6.01. The summed E-state index contributed by atoms with van der Waals surface area (Å²) in [6.07, 6.45) is 3.77. The summed E-state index contributed by atoms with van der Waals surface area (Å²) in [5.74, 6) is 0.0357. The number of amides is 1. The van der Waals surface area contributed by atoms with Crippen molar-refractivity contribution in [1.29, 1.82) is 0 Å². The van der Waals surface area contributed by atoms with Crippen molar-refractivity contribution in [3.05, 3.63) is 27.1 Å². The summed E-state index contributed by atoms with van der Waals surface area (Å²) in [5.41, 5.74) is 0.801. The third-order valence-electron chi connectivity index (χ3n) is 2.92. The molecule has 0 bridgehead atoms. The van der Waals surface area contributed by atoms with E-state index in [0.29, 0.717) is 6.42 Å². The molecule has 3 nitrogen and oxygen atoms in total. The Labute approximate surface area is 124 Å². The van der Waals surface area contributed by atoms with Crippen molar-refractivity contribution < 1.29 is 9.53 Å². The summed E-state index contributed by atoms with van der Waals surface area (Å²) in [4.78, 5) is 11.8. The van der Waals surface area contributed by atoms with Crippen molar-refractivity contribution in [3.8, 4) is 0 Å². The second kappa shape index (κ2) is 6.68. The van der Waals surface area contributed by atoms with Gasteiger partial charge in [-0.15, -0.1) is 0 Å². The molecule has 0 saturated carbocycles. The number of ether oxygens (including phenoxy) is 1. The fourth-order valence-corrected chi connectivity index (χ4v) is 3.11. The molecular formula is C13H15Br2NO2. The average molecular weight is 377 g/mol. The van der Waals surface area contributed by atoms with Crippen LogP contribution >= 0.6 is 31.9 Å². The minimum Gasteiger partial charge on any atom is -0.378 e. The summed E-state index contributed by atoms with van der Waals surface area (Å²) in [6.45, 7) is 0.838. The molecule has 2 rings (SSSR count). The van der Waals surface area contributed by atoms with Crippen molar-refractivity contribution in [2.45, 2.75) is 31.8 Å². The summed E-state index contributed by atoms with van der Waals surface area (Å²) in [7, 11) is 0. The van der Waals surface area contributed by atoms with Gasteiger partial charge >= 0.3 is 0 Å². The normalized spacial score (nSPS) is 18.9. The van der Waals surface area contributed by atoms with Crippen LogP contribution in [0.5, 0.6) is 0 Å². The lowest BCUT2D eigenvalue weighted by atomic mass is 10.1. The number of carbonyl (C=O) groups excluding carboxylic acids is 1. The maximum absolute atomic E-state index is 11.8. The summed E-state index contributed by atoms with van der Waals surface area (Å²) >= 11 is 6.80. The first-order chi connectivity index (χ1) is 8.65. The van der Waals surface area contributed by atoms with E-state index in [2.05, 4.69) is 37.2 Å². The van der Waals surface area contributed by atoms with Crippen LogP contribution in [0.3, 0.4) is 0 Å². The predicted molar refractivity (Wildman–Crippen MR) is 78.7 cm³/mol. The van der Waals surface area contributed by atoms with E-state index in [4.69, 9.17) is 4.74 Å². The summed E-state index contributed by atoms with van der Waals surface area (Å²) < 4.78 is 7.35. The molecule has 1 unspecified atom stereocenters. The molecule has 1 atom stereocenters. The molecule has 1 aliphatic rings. The van der Waals surface area contributed by atoms with Crippen molar-refractivity contribution in [2.24, 2.45) is 0 Å². The molecule has 5 heteroatoms. The van der Waals surface area contributed by atoms with Gasteiger partial charge in [0.05, 0.1) is 11.8 Å². The first kappa shape index (κ1) is 14.0. The SMILES string of the molecule is O=C(CCC1CCCO1)Nc1ccc(Br)cc1Br. The van der Waals surface area contributed by atoms with Gasteiger partial charge in [-0.1, -0.05) is 15.9 Å². The van der Waals surface area contributed by atoms with Crippen LogP contribution in [-0.2, 0) is 9.53 Å². The number of anilines is 1. The third-order valence-corrected chi connectivity index (χ3v) is 4.07. The number of benzene rings is 1. The van der Waals surface area contributed by atoms with Crippen LogP contribution in [0.1, 0.15) is 25.7 Å². The Morgan fingerprint density at radius 1 is 1.44 bits per heavy atom.